The summed E-state index contributed by atoms with van der Waals surface area (Å²) in [5.74, 6) is 0. The van der Waals surface area contributed by atoms with Crippen LogP contribution in [0.2, 0.25) is 0 Å². The zero-order valence-electron chi connectivity index (χ0n) is 7.37. The number of nitrogens with two attached hydrogens (primary N) is 1. The molecule has 0 saturated carbocycles. The maximum absolute atomic E-state index is 5.55. The van der Waals surface area contributed by atoms with Gasteiger partial charge in [-0.3, -0.25) is 0 Å². The van der Waals surface area contributed by atoms with E-state index in [-0.39, 0.29) is 12.4 Å². The summed E-state index contributed by atoms with van der Waals surface area (Å²) in [6.07, 6.45) is 1.41. The lowest BCUT2D eigenvalue weighted by Gasteiger charge is -1.99. The molecule has 1 heterocycles. The second kappa shape index (κ2) is 4.57. The van der Waals surface area contributed by atoms with Gasteiger partial charge in [-0.1, -0.05) is 12.1 Å². The predicted molar refractivity (Wildman–Crippen MR) is 55.0 cm³/mol. The molecule has 0 aliphatic heterocycles. The van der Waals surface area contributed by atoms with Crippen molar-refractivity contribution in [1.29, 1.82) is 0 Å². The van der Waals surface area contributed by atoms with Crippen LogP contribution in [0.5, 0.6) is 0 Å². The van der Waals surface area contributed by atoms with E-state index in [1.807, 2.05) is 24.3 Å². The zero-order chi connectivity index (χ0) is 9.10. The van der Waals surface area contributed by atoms with Gasteiger partial charge in [0, 0.05) is 5.69 Å². The van der Waals surface area contributed by atoms with Crippen molar-refractivity contribution in [3.05, 3.63) is 36.2 Å². The Morgan fingerprint density at radius 2 is 1.93 bits per heavy atom. The van der Waals surface area contributed by atoms with Crippen LogP contribution >= 0.6 is 12.4 Å². The maximum Gasteiger partial charge on any atom is 0.162 e. The summed E-state index contributed by atoms with van der Waals surface area (Å²) in [5.41, 5.74) is 7.41. The van der Waals surface area contributed by atoms with Crippen LogP contribution in [0.4, 0.5) is 5.69 Å². The summed E-state index contributed by atoms with van der Waals surface area (Å²) in [6, 6.07) is 7.59. The molecular weight excluding hydrogens is 202 g/mol. The second-order valence-electron chi connectivity index (χ2n) is 2.71. The Morgan fingerprint density at radius 3 is 2.50 bits per heavy atom. The number of tetrazole rings is 1. The Balaban J connectivity index is 0.000000980. The number of hydrogen-bond donors (Lipinski definition) is 1. The summed E-state index contributed by atoms with van der Waals surface area (Å²) in [5, 5.41) is 11.3. The lowest BCUT2D eigenvalue weighted by Crippen LogP contribution is -2.03. The van der Waals surface area contributed by atoms with Gasteiger partial charge in [-0.25, -0.2) is 0 Å². The topological polar surface area (TPSA) is 69.6 Å². The van der Waals surface area contributed by atoms with E-state index in [9.17, 15) is 0 Å². The van der Waals surface area contributed by atoms with Gasteiger partial charge in [-0.05, 0) is 22.9 Å². The van der Waals surface area contributed by atoms with Gasteiger partial charge in [0.15, 0.2) is 6.33 Å². The average Bonchev–Trinajstić information content (AvgIpc) is 2.62. The highest BCUT2D eigenvalue weighted by molar-refractivity contribution is 5.85. The van der Waals surface area contributed by atoms with Crippen molar-refractivity contribution in [3.63, 3.8) is 0 Å². The number of aromatic nitrogens is 4. The molecule has 1 aromatic heterocycles. The highest BCUT2D eigenvalue weighted by Gasteiger charge is 1.95. The Bertz CT molecular complexity index is 369. The SMILES string of the molecule is Cl.Nc1ccc(Cn2ncnn2)cc1. The molecule has 0 fully saturated rings. The smallest absolute Gasteiger partial charge is 0.162 e. The quantitative estimate of drug-likeness (QED) is 0.744. The van der Waals surface area contributed by atoms with Crippen LogP contribution in [0.15, 0.2) is 30.6 Å². The van der Waals surface area contributed by atoms with Crippen LogP contribution in [0.3, 0.4) is 0 Å². The van der Waals surface area contributed by atoms with Crippen LogP contribution in [-0.4, -0.2) is 20.2 Å². The maximum atomic E-state index is 5.55. The Morgan fingerprint density at radius 1 is 1.21 bits per heavy atom. The van der Waals surface area contributed by atoms with E-state index in [1.165, 1.54) is 11.1 Å². The summed E-state index contributed by atoms with van der Waals surface area (Å²) in [4.78, 5) is 1.52. The third-order valence-corrected chi connectivity index (χ3v) is 1.70. The molecule has 0 amide bonds. The van der Waals surface area contributed by atoms with Gasteiger partial charge in [-0.2, -0.15) is 4.80 Å². The lowest BCUT2D eigenvalue weighted by atomic mass is 10.2. The molecule has 0 bridgehead atoms. The molecule has 0 saturated heterocycles. The molecule has 5 nitrogen and oxygen atoms in total. The molecule has 14 heavy (non-hydrogen) atoms. The molecule has 2 N–H and O–H groups in total. The van der Waals surface area contributed by atoms with Gasteiger partial charge < -0.3 is 5.73 Å². The van der Waals surface area contributed by atoms with Gasteiger partial charge in [-0.15, -0.1) is 22.6 Å². The molecule has 0 spiro atoms. The fourth-order valence-corrected chi connectivity index (χ4v) is 1.05. The molecule has 0 aliphatic rings. The molecule has 0 atom stereocenters. The highest BCUT2D eigenvalue weighted by atomic mass is 35.5. The fraction of sp³-hybridized carbons (Fsp3) is 0.125. The van der Waals surface area contributed by atoms with E-state index in [4.69, 9.17) is 5.73 Å². The third kappa shape index (κ3) is 2.43. The first-order valence-electron chi connectivity index (χ1n) is 3.90. The van der Waals surface area contributed by atoms with Gasteiger partial charge >= 0.3 is 0 Å². The van der Waals surface area contributed by atoms with E-state index in [2.05, 4.69) is 15.4 Å². The van der Waals surface area contributed by atoms with Crippen LogP contribution in [-0.2, 0) is 6.54 Å². The van der Waals surface area contributed by atoms with Crippen molar-refractivity contribution in [2.45, 2.75) is 6.54 Å². The van der Waals surface area contributed by atoms with Crippen LogP contribution in [0.25, 0.3) is 0 Å². The number of nitrogens with zero attached hydrogens (tertiary/aromatic N) is 4. The first-order valence-corrected chi connectivity index (χ1v) is 3.90. The molecule has 0 aliphatic carbocycles. The first kappa shape index (κ1) is 10.5. The minimum absolute atomic E-state index is 0. The molecule has 0 unspecified atom stereocenters. The van der Waals surface area contributed by atoms with E-state index in [0.29, 0.717) is 6.54 Å². The van der Waals surface area contributed by atoms with Crippen molar-refractivity contribution in [1.82, 2.24) is 20.2 Å². The van der Waals surface area contributed by atoms with E-state index in [1.54, 1.807) is 0 Å². The van der Waals surface area contributed by atoms with Crippen molar-refractivity contribution >= 4 is 18.1 Å². The molecule has 6 heteroatoms. The highest BCUT2D eigenvalue weighted by Crippen LogP contribution is 2.05. The van der Waals surface area contributed by atoms with Gasteiger partial charge in [0.05, 0.1) is 6.54 Å². The number of benzene rings is 1. The number of rotatable bonds is 2. The number of hydrogen-bond acceptors (Lipinski definition) is 4. The molecule has 1 aromatic carbocycles. The normalized spacial score (nSPS) is 9.43. The van der Waals surface area contributed by atoms with Crippen molar-refractivity contribution in [2.24, 2.45) is 0 Å². The second-order valence-corrected chi connectivity index (χ2v) is 2.71. The third-order valence-electron chi connectivity index (χ3n) is 1.70. The average molecular weight is 212 g/mol. The largest absolute Gasteiger partial charge is 0.399 e. The van der Waals surface area contributed by atoms with Crippen molar-refractivity contribution in [3.8, 4) is 0 Å². The van der Waals surface area contributed by atoms with Gasteiger partial charge in [0.25, 0.3) is 0 Å². The Kier molecular flexibility index (Phi) is 3.41. The molecular formula is C8H10ClN5. The number of nitrogen functional groups attached to an aromatic ring is 1. The minimum Gasteiger partial charge on any atom is -0.399 e. The fourth-order valence-electron chi connectivity index (χ4n) is 1.05. The number of halogens is 1. The Hall–Kier alpha value is -1.62. The first-order chi connectivity index (χ1) is 6.34. The number of anilines is 1. The molecule has 0 radical (unpaired) electrons. The van der Waals surface area contributed by atoms with Crippen molar-refractivity contribution in [2.75, 3.05) is 5.73 Å². The molecule has 2 rings (SSSR count). The summed E-state index contributed by atoms with van der Waals surface area (Å²) < 4.78 is 0. The van der Waals surface area contributed by atoms with E-state index < -0.39 is 0 Å². The van der Waals surface area contributed by atoms with E-state index >= 15 is 0 Å². The van der Waals surface area contributed by atoms with Gasteiger partial charge in [0.1, 0.15) is 0 Å². The molecule has 74 valence electrons. The predicted octanol–water partition coefficient (Wildman–Crippen LogP) is 0.725. The zero-order valence-corrected chi connectivity index (χ0v) is 8.18. The van der Waals surface area contributed by atoms with Crippen LogP contribution in [0, 0.1) is 0 Å². The summed E-state index contributed by atoms with van der Waals surface area (Å²) >= 11 is 0. The standard InChI is InChI=1S/C8H9N5.ClH/c9-8-3-1-7(2-4-8)5-13-11-6-10-12-13;/h1-4,6H,5,9H2;1H. The van der Waals surface area contributed by atoms with Gasteiger partial charge in [0.2, 0.25) is 0 Å². The van der Waals surface area contributed by atoms with E-state index in [0.717, 1.165) is 11.3 Å². The minimum atomic E-state index is 0. The summed E-state index contributed by atoms with van der Waals surface area (Å²) in [7, 11) is 0. The van der Waals surface area contributed by atoms with Crippen LogP contribution in [0.1, 0.15) is 5.56 Å². The molecule has 2 aromatic rings. The van der Waals surface area contributed by atoms with Crippen LogP contribution < -0.4 is 5.73 Å². The Labute approximate surface area is 87.3 Å². The lowest BCUT2D eigenvalue weighted by molar-refractivity contribution is 0.572. The summed E-state index contributed by atoms with van der Waals surface area (Å²) in [6.45, 7) is 0.625. The van der Waals surface area contributed by atoms with Crippen molar-refractivity contribution < 1.29 is 0 Å². The monoisotopic (exact) mass is 211 g/mol.